The number of rotatable bonds is 7. The van der Waals surface area contributed by atoms with E-state index in [1.165, 1.54) is 57.7 Å². The van der Waals surface area contributed by atoms with Gasteiger partial charge in [-0.05, 0) is 53.7 Å². The fourth-order valence-electron chi connectivity index (χ4n) is 9.60. The molecule has 0 spiro atoms. The van der Waals surface area contributed by atoms with Crippen LogP contribution in [0.4, 0.5) is 0 Å². The Bertz CT molecular complexity index is 4890. The summed E-state index contributed by atoms with van der Waals surface area (Å²) in [5.74, 6) is 3.18. The summed E-state index contributed by atoms with van der Waals surface area (Å²) in [7, 11) is 2.04. The minimum absolute atomic E-state index is 0. The van der Waals surface area contributed by atoms with Gasteiger partial charge in [0.15, 0.2) is 36.9 Å². The number of imidazole rings is 1. The van der Waals surface area contributed by atoms with E-state index < -0.39 is 0 Å². The predicted molar refractivity (Wildman–Crippen MR) is 336 cm³/mol. The summed E-state index contributed by atoms with van der Waals surface area (Å²) >= 11 is 6.31. The van der Waals surface area contributed by atoms with Crippen LogP contribution in [0.25, 0.3) is 126 Å². The molecular formula is C63H42Ir5N17O4S4-5. The molecule has 30 heteroatoms. The molecule has 0 aliphatic rings. The van der Waals surface area contributed by atoms with Crippen molar-refractivity contribution in [1.29, 1.82) is 0 Å². The molecule has 0 N–H and O–H groups in total. The first kappa shape index (κ1) is 71.4. The molecule has 0 amide bonds. The Kier molecular flexibility index (Phi) is 25.0. The van der Waals surface area contributed by atoms with Gasteiger partial charge in [0.1, 0.15) is 12.2 Å². The molecule has 0 unspecified atom stereocenters. The van der Waals surface area contributed by atoms with Crippen LogP contribution in [0, 0.1) is 65.0 Å². The standard InChI is InChI=1S/C24H20N5.2C10H6N3OS.C10H6N3S2.C9H4N3O2.5Ir/c1-16-9-7-10-17(2)21(16)29-15-25-27-24(29)19-13-8-14-20-22(19)28(3)23(26-20)18-11-5-4-6-12-18;1-6-12-9-7(10-13-11-5-15-10)3-2-4-8(9)14-6;2*1-6-12-9-7(10-13-11-5-14-10)3-2-4-8(9)15-6;1-2-6(9-12-11-5-14-9)8-7(3-1)13-4-10-8;;;;;/h4-12,14-15H,1-3H3;3*2,4-5H,1H3;1,3-5H;;;;;/q5*-1;;;;;. The number of benzene rings is 7. The van der Waals surface area contributed by atoms with Gasteiger partial charge in [-0.15, -0.1) is 117 Å². The second-order valence-electron chi connectivity index (χ2n) is 19.0. The molecule has 7 aromatic carbocycles. The largest absolute Gasteiger partial charge is 0.470 e. The number of hydrogen-bond donors (Lipinski definition) is 0. The van der Waals surface area contributed by atoms with Crippen LogP contribution in [0.2, 0.25) is 0 Å². The maximum absolute atomic E-state index is 5.43. The van der Waals surface area contributed by atoms with Gasteiger partial charge in [-0.2, -0.15) is 58.4 Å². The molecule has 17 rings (SSSR count). The molecule has 17 aromatic rings. The van der Waals surface area contributed by atoms with Crippen LogP contribution in [-0.2, 0) is 108 Å². The number of aromatic nitrogens is 17. The van der Waals surface area contributed by atoms with Crippen molar-refractivity contribution in [2.75, 3.05) is 0 Å². The summed E-state index contributed by atoms with van der Waals surface area (Å²) in [5, 5.41) is 43.0. The van der Waals surface area contributed by atoms with Gasteiger partial charge in [-0.25, -0.2) is 4.98 Å². The van der Waals surface area contributed by atoms with Crippen molar-refractivity contribution < 1.29 is 118 Å². The normalized spacial score (nSPS) is 10.5. The molecule has 10 aromatic heterocycles. The van der Waals surface area contributed by atoms with Crippen molar-refractivity contribution in [2.45, 2.75) is 34.6 Å². The maximum atomic E-state index is 5.43. The van der Waals surface area contributed by atoms with E-state index in [-0.39, 0.29) is 101 Å². The molecule has 21 nitrogen and oxygen atoms in total. The first-order valence-electron chi connectivity index (χ1n) is 26.7. The van der Waals surface area contributed by atoms with Gasteiger partial charge in [0, 0.05) is 153 Å². The van der Waals surface area contributed by atoms with E-state index in [9.17, 15) is 0 Å². The molecule has 0 aliphatic carbocycles. The summed E-state index contributed by atoms with van der Waals surface area (Å²) in [6.07, 6.45) is 5.72. The molecular weight excluding hydrogens is 2150 g/mol. The van der Waals surface area contributed by atoms with Crippen LogP contribution in [0.15, 0.2) is 163 Å². The molecule has 93 heavy (non-hydrogen) atoms. The second kappa shape index (κ2) is 32.6. The summed E-state index contributed by atoms with van der Waals surface area (Å²) in [6, 6.07) is 51.1. The monoisotopic (exact) mass is 2190 g/mol. The summed E-state index contributed by atoms with van der Waals surface area (Å²) in [4.78, 5) is 22.2. The summed E-state index contributed by atoms with van der Waals surface area (Å²) in [6.45, 7) is 10.0. The van der Waals surface area contributed by atoms with Gasteiger partial charge >= 0.3 is 0 Å². The van der Waals surface area contributed by atoms with Crippen molar-refractivity contribution in [2.24, 2.45) is 7.05 Å². The summed E-state index contributed by atoms with van der Waals surface area (Å²) in [5.41, 5.74) is 18.8. The minimum atomic E-state index is 0. The van der Waals surface area contributed by atoms with E-state index in [0.29, 0.717) is 34.3 Å². The fourth-order valence-corrected chi connectivity index (χ4v) is 12.4. The fraction of sp³-hybridized carbons (Fsp3) is 0.0952. The van der Waals surface area contributed by atoms with Gasteiger partial charge in [0.25, 0.3) is 0 Å². The second-order valence-corrected chi connectivity index (χ2v) is 23.1. The smallest absolute Gasteiger partial charge is 0.192 e. The van der Waals surface area contributed by atoms with E-state index >= 15 is 0 Å². The third-order valence-corrected chi connectivity index (χ3v) is 16.6. The predicted octanol–water partition coefficient (Wildman–Crippen LogP) is 14.4. The number of oxazole rings is 2. The average Bonchev–Trinajstić information content (AvgIpc) is 1.54. The Balaban J connectivity index is 0.000000152. The average molecular weight is 2190 g/mol. The summed E-state index contributed by atoms with van der Waals surface area (Å²) < 4.78 is 27.2. The third-order valence-electron chi connectivity index (χ3n) is 13.3. The van der Waals surface area contributed by atoms with Crippen molar-refractivity contribution in [3.63, 3.8) is 0 Å². The molecule has 0 fully saturated rings. The van der Waals surface area contributed by atoms with Crippen LogP contribution in [-0.4, -0.2) is 85.0 Å². The van der Waals surface area contributed by atoms with Crippen LogP contribution in [0.5, 0.6) is 0 Å². The van der Waals surface area contributed by atoms with Crippen molar-refractivity contribution in [3.05, 3.63) is 203 Å². The molecule has 10 heterocycles. The van der Waals surface area contributed by atoms with E-state index in [0.717, 1.165) is 103 Å². The zero-order chi connectivity index (χ0) is 60.1. The van der Waals surface area contributed by atoms with Crippen molar-refractivity contribution in [3.8, 4) is 72.5 Å². The van der Waals surface area contributed by atoms with Crippen molar-refractivity contribution in [1.82, 2.24) is 85.0 Å². The van der Waals surface area contributed by atoms with Crippen LogP contribution in [0.3, 0.4) is 0 Å². The van der Waals surface area contributed by atoms with Gasteiger partial charge in [0.05, 0.1) is 48.0 Å². The molecule has 5 radical (unpaired) electrons. The van der Waals surface area contributed by atoms with E-state index in [4.69, 9.17) is 22.7 Å². The van der Waals surface area contributed by atoms with E-state index in [2.05, 4.69) is 150 Å². The number of nitrogens with zero attached hydrogens (tertiary/aromatic N) is 17. The molecule has 0 bridgehead atoms. The van der Waals surface area contributed by atoms with Gasteiger partial charge in [-0.1, -0.05) is 88.5 Å². The number of fused-ring (bicyclic) bond motifs is 5. The van der Waals surface area contributed by atoms with Gasteiger partial charge < -0.3 is 26.8 Å². The Morgan fingerprint density at radius 2 is 1.00 bits per heavy atom. The Morgan fingerprint density at radius 1 is 0.452 bits per heavy atom. The van der Waals surface area contributed by atoms with E-state index in [1.54, 1.807) is 52.2 Å². The zero-order valence-corrected chi connectivity index (χ0v) is 64.1. The van der Waals surface area contributed by atoms with E-state index in [1.807, 2.05) is 99.1 Å². The van der Waals surface area contributed by atoms with Crippen molar-refractivity contribution >= 4 is 99.0 Å². The third kappa shape index (κ3) is 15.5. The SMILES string of the molecule is Cc1cccc(C)c1-n1cnnc1-c1[c-]ccc2nc(-c3ccccc3)n(C)c12.Cc1nc2c(-c3nnco3)[c-]ccc2s1.Cc1nc2c(-c3nncs3)[c-]ccc2o1.Cc1nc2c(-c3nncs3)[c-]ccc2s1.[Ir].[Ir].[Ir].[Ir].[Ir].[c-]1ccc2ocnc2c1-c1nnco1. The Hall–Kier alpha value is -7.48. The Labute approximate surface area is 613 Å². The molecule has 0 aliphatic heterocycles. The quantitative estimate of drug-likeness (QED) is 0.134. The number of aryl methyl sites for hydroxylation is 6. The number of para-hydroxylation sites is 1. The van der Waals surface area contributed by atoms with Gasteiger partial charge in [-0.3, -0.25) is 19.9 Å². The number of hydrogen-bond acceptors (Lipinski definition) is 23. The van der Waals surface area contributed by atoms with Crippen LogP contribution < -0.4 is 0 Å². The van der Waals surface area contributed by atoms with Gasteiger partial charge in [0.2, 0.25) is 0 Å². The number of thiazole rings is 2. The molecule has 0 saturated carbocycles. The zero-order valence-electron chi connectivity index (χ0n) is 48.9. The first-order chi connectivity index (χ1) is 43.1. The first-order valence-corrected chi connectivity index (χ1v) is 30.1. The topological polar surface area (TPSA) is 256 Å². The molecule has 477 valence electrons. The maximum Gasteiger partial charge on any atom is 0.192 e. The minimum Gasteiger partial charge on any atom is -0.470 e. The molecule has 0 atom stereocenters. The Morgan fingerprint density at radius 3 is 1.59 bits per heavy atom. The van der Waals surface area contributed by atoms with Crippen LogP contribution in [0.1, 0.15) is 27.0 Å². The van der Waals surface area contributed by atoms with Crippen LogP contribution >= 0.6 is 45.3 Å². The molecule has 0 saturated heterocycles.